The Morgan fingerprint density at radius 3 is 2.50 bits per heavy atom. The minimum atomic E-state index is 0.310. The summed E-state index contributed by atoms with van der Waals surface area (Å²) in [5.74, 6) is 0.676. The average molecular weight is 168 g/mol. The van der Waals surface area contributed by atoms with Gasteiger partial charge in [0.2, 0.25) is 0 Å². The molecule has 0 amide bonds. The molecule has 0 aliphatic carbocycles. The van der Waals surface area contributed by atoms with Crippen LogP contribution in [0.3, 0.4) is 0 Å². The molecule has 1 heterocycles. The Morgan fingerprint density at radius 2 is 2.08 bits per heavy atom. The molecule has 0 aromatic carbocycles. The average Bonchev–Trinajstić information content (AvgIpc) is 1.97. The van der Waals surface area contributed by atoms with Gasteiger partial charge in [0, 0.05) is 17.8 Å². The molecule has 1 aliphatic heterocycles. The van der Waals surface area contributed by atoms with Crippen LogP contribution < -0.4 is 0 Å². The van der Waals surface area contributed by atoms with E-state index in [-0.39, 0.29) is 0 Å². The summed E-state index contributed by atoms with van der Waals surface area (Å²) in [6.07, 6.45) is 2.12. The Hall–Kier alpha value is -0.370. The molecule has 0 bridgehead atoms. The lowest BCUT2D eigenvalue weighted by Crippen LogP contribution is -2.53. The van der Waals surface area contributed by atoms with Gasteiger partial charge in [0.25, 0.3) is 0 Å². The number of hydrogen-bond acceptors (Lipinski definition) is 2. The maximum atomic E-state index is 7.59. The smallest absolute Gasteiger partial charge is 0.0363 e. The number of hydrogen-bond donors (Lipinski definition) is 1. The largest absolute Gasteiger partial charge is 0.308 e. The molecule has 0 spiro atoms. The van der Waals surface area contributed by atoms with E-state index in [4.69, 9.17) is 5.41 Å². The van der Waals surface area contributed by atoms with E-state index in [1.807, 2.05) is 0 Å². The molecule has 1 saturated heterocycles. The van der Waals surface area contributed by atoms with Crippen LogP contribution in [0.4, 0.5) is 0 Å². The van der Waals surface area contributed by atoms with Gasteiger partial charge in [0.05, 0.1) is 0 Å². The highest BCUT2D eigenvalue weighted by Crippen LogP contribution is 2.31. The first-order valence-electron chi connectivity index (χ1n) is 4.74. The third-order valence-corrected chi connectivity index (χ3v) is 3.48. The summed E-state index contributed by atoms with van der Waals surface area (Å²) in [6.45, 7) is 7.70. The number of piperidine rings is 1. The zero-order chi connectivity index (χ0) is 9.35. The Morgan fingerprint density at radius 1 is 1.50 bits per heavy atom. The second kappa shape index (κ2) is 3.17. The molecular weight excluding hydrogens is 148 g/mol. The molecule has 0 aromatic heterocycles. The van der Waals surface area contributed by atoms with Gasteiger partial charge in [0.1, 0.15) is 0 Å². The molecule has 1 aliphatic rings. The van der Waals surface area contributed by atoms with Gasteiger partial charge in [-0.05, 0) is 32.7 Å². The zero-order valence-corrected chi connectivity index (χ0v) is 8.65. The fraction of sp³-hybridized carbons (Fsp3) is 0.900. The van der Waals surface area contributed by atoms with E-state index in [9.17, 15) is 0 Å². The van der Waals surface area contributed by atoms with E-state index in [2.05, 4.69) is 32.7 Å². The topological polar surface area (TPSA) is 27.1 Å². The molecular formula is C10H20N2. The summed E-state index contributed by atoms with van der Waals surface area (Å²) in [5.41, 5.74) is 1.19. The van der Waals surface area contributed by atoms with Crippen molar-refractivity contribution in [2.24, 2.45) is 5.92 Å². The quantitative estimate of drug-likeness (QED) is 0.638. The van der Waals surface area contributed by atoms with Crippen LogP contribution >= 0.6 is 0 Å². The van der Waals surface area contributed by atoms with Gasteiger partial charge < -0.3 is 5.41 Å². The number of likely N-dealkylation sites (tertiary alicyclic amines) is 1. The Bertz CT molecular complexity index is 186. The predicted octanol–water partition coefficient (Wildman–Crippen LogP) is 2.15. The van der Waals surface area contributed by atoms with E-state index < -0.39 is 0 Å². The molecule has 0 aromatic rings. The second-order valence-electron chi connectivity index (χ2n) is 4.47. The SMILES string of the molecule is CC(C)C1(C)CCC(=N)CN1C. The van der Waals surface area contributed by atoms with Crippen molar-refractivity contribution in [3.63, 3.8) is 0 Å². The Balaban J connectivity index is 2.72. The first kappa shape index (κ1) is 9.72. The highest BCUT2D eigenvalue weighted by atomic mass is 15.2. The Labute approximate surface area is 75.5 Å². The Kier molecular flexibility index (Phi) is 2.57. The first-order chi connectivity index (χ1) is 5.47. The molecule has 1 rings (SSSR count). The van der Waals surface area contributed by atoms with Gasteiger partial charge in [-0.2, -0.15) is 0 Å². The van der Waals surface area contributed by atoms with E-state index in [0.717, 1.165) is 25.1 Å². The molecule has 1 unspecified atom stereocenters. The van der Waals surface area contributed by atoms with Gasteiger partial charge in [-0.3, -0.25) is 4.90 Å². The van der Waals surface area contributed by atoms with Crippen molar-refractivity contribution in [1.29, 1.82) is 5.41 Å². The van der Waals surface area contributed by atoms with Crippen LogP contribution in [0.15, 0.2) is 0 Å². The van der Waals surface area contributed by atoms with Crippen molar-refractivity contribution >= 4 is 5.71 Å². The third kappa shape index (κ3) is 1.53. The molecule has 1 atom stereocenters. The highest BCUT2D eigenvalue weighted by Gasteiger charge is 2.36. The van der Waals surface area contributed by atoms with Crippen LogP contribution in [0.5, 0.6) is 0 Å². The standard InChI is InChI=1S/C10H20N2/c1-8(2)10(3)6-5-9(11)7-12(10)4/h8,11H,5-7H2,1-4H3. The fourth-order valence-electron chi connectivity index (χ4n) is 1.87. The van der Waals surface area contributed by atoms with Gasteiger partial charge >= 0.3 is 0 Å². The van der Waals surface area contributed by atoms with Crippen LogP contribution in [0.1, 0.15) is 33.6 Å². The molecule has 1 fully saturated rings. The maximum Gasteiger partial charge on any atom is 0.0363 e. The normalized spacial score (nSPS) is 32.9. The molecule has 0 radical (unpaired) electrons. The number of nitrogens with one attached hydrogen (secondary N) is 1. The minimum absolute atomic E-state index is 0.310. The van der Waals surface area contributed by atoms with Crippen LogP contribution in [-0.4, -0.2) is 29.7 Å². The lowest BCUT2D eigenvalue weighted by molar-refractivity contribution is 0.0828. The minimum Gasteiger partial charge on any atom is -0.308 e. The van der Waals surface area contributed by atoms with Crippen LogP contribution in [0.25, 0.3) is 0 Å². The molecule has 2 heteroatoms. The molecule has 70 valence electrons. The fourth-order valence-corrected chi connectivity index (χ4v) is 1.87. The summed E-state index contributed by atoms with van der Waals surface area (Å²) < 4.78 is 0. The first-order valence-corrected chi connectivity index (χ1v) is 4.74. The molecule has 12 heavy (non-hydrogen) atoms. The van der Waals surface area contributed by atoms with Gasteiger partial charge in [-0.25, -0.2) is 0 Å². The van der Waals surface area contributed by atoms with Crippen molar-refractivity contribution in [2.75, 3.05) is 13.6 Å². The second-order valence-corrected chi connectivity index (χ2v) is 4.47. The zero-order valence-electron chi connectivity index (χ0n) is 8.65. The van der Waals surface area contributed by atoms with E-state index in [1.165, 1.54) is 0 Å². The summed E-state index contributed by atoms with van der Waals surface area (Å²) in [4.78, 5) is 2.32. The lowest BCUT2D eigenvalue weighted by atomic mass is 9.79. The van der Waals surface area contributed by atoms with Gasteiger partial charge in [0.15, 0.2) is 0 Å². The van der Waals surface area contributed by atoms with Crippen molar-refractivity contribution < 1.29 is 0 Å². The van der Waals surface area contributed by atoms with Crippen molar-refractivity contribution in [2.45, 2.75) is 39.2 Å². The van der Waals surface area contributed by atoms with Crippen molar-refractivity contribution in [3.8, 4) is 0 Å². The lowest BCUT2D eigenvalue weighted by Gasteiger charge is -2.46. The van der Waals surface area contributed by atoms with E-state index >= 15 is 0 Å². The van der Waals surface area contributed by atoms with Crippen LogP contribution in [-0.2, 0) is 0 Å². The summed E-state index contributed by atoms with van der Waals surface area (Å²) in [7, 11) is 2.13. The van der Waals surface area contributed by atoms with Crippen LogP contribution in [0.2, 0.25) is 0 Å². The van der Waals surface area contributed by atoms with E-state index in [1.54, 1.807) is 0 Å². The van der Waals surface area contributed by atoms with Crippen molar-refractivity contribution in [3.05, 3.63) is 0 Å². The third-order valence-electron chi connectivity index (χ3n) is 3.48. The summed E-state index contributed by atoms with van der Waals surface area (Å²) >= 11 is 0. The monoisotopic (exact) mass is 168 g/mol. The predicted molar refractivity (Wildman–Crippen MR) is 52.8 cm³/mol. The summed E-state index contributed by atoms with van der Waals surface area (Å²) in [6, 6.07) is 0. The number of nitrogens with zero attached hydrogens (tertiary/aromatic N) is 1. The van der Waals surface area contributed by atoms with Crippen LogP contribution in [0, 0.1) is 11.3 Å². The molecule has 0 saturated carbocycles. The van der Waals surface area contributed by atoms with Gasteiger partial charge in [-0.1, -0.05) is 13.8 Å². The molecule has 1 N–H and O–H groups in total. The molecule has 2 nitrogen and oxygen atoms in total. The highest BCUT2D eigenvalue weighted by molar-refractivity contribution is 5.84. The van der Waals surface area contributed by atoms with E-state index in [0.29, 0.717) is 11.5 Å². The van der Waals surface area contributed by atoms with Crippen molar-refractivity contribution in [1.82, 2.24) is 4.90 Å². The number of rotatable bonds is 1. The maximum absolute atomic E-state index is 7.59. The summed E-state index contributed by atoms with van der Waals surface area (Å²) in [5, 5.41) is 7.59. The van der Waals surface area contributed by atoms with Gasteiger partial charge in [-0.15, -0.1) is 0 Å².